The monoisotopic (exact) mass is 265 g/mol. The Bertz CT molecular complexity index is 680. The number of nitrogens with one attached hydrogen (secondary N) is 1. The number of hydrogen-bond acceptors (Lipinski definition) is 2. The van der Waals surface area contributed by atoms with Crippen LogP contribution in [0.5, 0.6) is 0 Å². The average Bonchev–Trinajstić information content (AvgIpc) is 2.89. The van der Waals surface area contributed by atoms with Crippen molar-refractivity contribution in [3.8, 4) is 11.4 Å². The van der Waals surface area contributed by atoms with Crippen molar-refractivity contribution < 1.29 is 0 Å². The molecule has 3 rings (SSSR count). The van der Waals surface area contributed by atoms with Gasteiger partial charge in [0.05, 0.1) is 11.0 Å². The first-order valence-corrected chi connectivity index (χ1v) is 7.12. The second-order valence-electron chi connectivity index (χ2n) is 5.57. The second-order valence-corrected chi connectivity index (χ2v) is 5.57. The van der Waals surface area contributed by atoms with Gasteiger partial charge in [-0.3, -0.25) is 4.98 Å². The van der Waals surface area contributed by atoms with E-state index in [1.807, 2.05) is 36.5 Å². The van der Waals surface area contributed by atoms with Crippen molar-refractivity contribution in [3.63, 3.8) is 0 Å². The Balaban J connectivity index is 1.91. The minimum Gasteiger partial charge on any atom is -0.338 e. The highest BCUT2D eigenvalue weighted by Gasteiger charge is 2.06. The third-order valence-corrected chi connectivity index (χ3v) is 3.46. The van der Waals surface area contributed by atoms with Crippen molar-refractivity contribution >= 4 is 11.0 Å². The Morgan fingerprint density at radius 1 is 1.15 bits per heavy atom. The molecule has 20 heavy (non-hydrogen) atoms. The third kappa shape index (κ3) is 2.72. The molecule has 2 aromatic heterocycles. The molecule has 3 heteroatoms. The summed E-state index contributed by atoms with van der Waals surface area (Å²) < 4.78 is 0. The lowest BCUT2D eigenvalue weighted by molar-refractivity contribution is 0.581. The Hall–Kier alpha value is -2.16. The normalized spacial score (nSPS) is 11.3. The quantitative estimate of drug-likeness (QED) is 0.767. The van der Waals surface area contributed by atoms with E-state index in [0.29, 0.717) is 5.92 Å². The van der Waals surface area contributed by atoms with Gasteiger partial charge >= 0.3 is 0 Å². The zero-order valence-electron chi connectivity index (χ0n) is 11.9. The Morgan fingerprint density at radius 3 is 2.80 bits per heavy atom. The summed E-state index contributed by atoms with van der Waals surface area (Å²) in [5.74, 6) is 1.62. The maximum absolute atomic E-state index is 4.64. The molecule has 0 aliphatic carbocycles. The van der Waals surface area contributed by atoms with Gasteiger partial charge in [0.25, 0.3) is 0 Å². The Morgan fingerprint density at radius 2 is 2.00 bits per heavy atom. The van der Waals surface area contributed by atoms with Gasteiger partial charge in [0.2, 0.25) is 0 Å². The molecule has 1 aromatic carbocycles. The minimum absolute atomic E-state index is 0.701. The molecule has 1 N–H and O–H groups in total. The smallest absolute Gasteiger partial charge is 0.138 e. The number of rotatable bonds is 4. The number of pyridine rings is 1. The highest BCUT2D eigenvalue weighted by Crippen LogP contribution is 2.21. The van der Waals surface area contributed by atoms with Crippen LogP contribution in [0.25, 0.3) is 22.4 Å². The molecular weight excluding hydrogens is 246 g/mol. The van der Waals surface area contributed by atoms with Crippen LogP contribution in [0.4, 0.5) is 0 Å². The lowest BCUT2D eigenvalue weighted by Gasteiger charge is -2.05. The molecule has 0 aliphatic heterocycles. The van der Waals surface area contributed by atoms with E-state index in [1.165, 1.54) is 0 Å². The van der Waals surface area contributed by atoms with E-state index in [4.69, 9.17) is 0 Å². The lowest BCUT2D eigenvalue weighted by Crippen LogP contribution is -1.95. The van der Waals surface area contributed by atoms with Crippen molar-refractivity contribution in [1.29, 1.82) is 0 Å². The maximum Gasteiger partial charge on any atom is 0.138 e. The number of aromatic nitrogens is 3. The van der Waals surface area contributed by atoms with Crippen molar-refractivity contribution in [2.24, 2.45) is 5.92 Å². The molecule has 0 spiro atoms. The summed E-state index contributed by atoms with van der Waals surface area (Å²) in [7, 11) is 0. The van der Waals surface area contributed by atoms with Gasteiger partial charge < -0.3 is 4.98 Å². The van der Waals surface area contributed by atoms with Crippen LogP contribution in [0.15, 0.2) is 42.6 Å². The topological polar surface area (TPSA) is 41.6 Å². The first-order chi connectivity index (χ1) is 9.72. The van der Waals surface area contributed by atoms with E-state index >= 15 is 0 Å². The van der Waals surface area contributed by atoms with E-state index < -0.39 is 0 Å². The SMILES string of the molecule is CC(C)CCc1cc(-c2nc3ccccc3[nH]2)ccn1. The summed E-state index contributed by atoms with van der Waals surface area (Å²) in [6.07, 6.45) is 4.06. The first-order valence-electron chi connectivity index (χ1n) is 7.12. The van der Waals surface area contributed by atoms with Gasteiger partial charge in [0, 0.05) is 17.5 Å². The molecule has 0 aliphatic rings. The van der Waals surface area contributed by atoms with Gasteiger partial charge in [-0.25, -0.2) is 4.98 Å². The number of benzene rings is 1. The molecule has 3 nitrogen and oxygen atoms in total. The molecule has 0 radical (unpaired) electrons. The molecule has 0 atom stereocenters. The molecule has 0 saturated carbocycles. The fraction of sp³-hybridized carbons (Fsp3) is 0.294. The van der Waals surface area contributed by atoms with E-state index in [1.54, 1.807) is 0 Å². The van der Waals surface area contributed by atoms with Crippen LogP contribution >= 0.6 is 0 Å². The van der Waals surface area contributed by atoms with Crippen molar-refractivity contribution in [1.82, 2.24) is 15.0 Å². The molecule has 0 amide bonds. The van der Waals surface area contributed by atoms with Gasteiger partial charge in [-0.05, 0) is 43.0 Å². The van der Waals surface area contributed by atoms with Crippen LogP contribution in [0.3, 0.4) is 0 Å². The summed E-state index contributed by atoms with van der Waals surface area (Å²) in [5.41, 5.74) is 4.32. The number of nitrogens with zero attached hydrogens (tertiary/aromatic N) is 2. The predicted octanol–water partition coefficient (Wildman–Crippen LogP) is 4.21. The van der Waals surface area contributed by atoms with Crippen molar-refractivity contribution in [2.75, 3.05) is 0 Å². The van der Waals surface area contributed by atoms with Gasteiger partial charge in [0.1, 0.15) is 5.82 Å². The molecule has 0 saturated heterocycles. The third-order valence-electron chi connectivity index (χ3n) is 3.46. The standard InChI is InChI=1S/C17H19N3/c1-12(2)7-8-14-11-13(9-10-18-14)17-19-15-5-3-4-6-16(15)20-17/h3-6,9-12H,7-8H2,1-2H3,(H,19,20). The number of aryl methyl sites for hydroxylation is 1. The summed E-state index contributed by atoms with van der Waals surface area (Å²) in [5, 5.41) is 0. The molecule has 0 fully saturated rings. The minimum atomic E-state index is 0.701. The molecule has 0 unspecified atom stereocenters. The van der Waals surface area contributed by atoms with Crippen LogP contribution in [0.1, 0.15) is 26.0 Å². The van der Waals surface area contributed by atoms with Gasteiger partial charge in [-0.2, -0.15) is 0 Å². The second kappa shape index (κ2) is 5.45. The van der Waals surface area contributed by atoms with E-state index in [-0.39, 0.29) is 0 Å². The number of H-pyrrole nitrogens is 1. The Kier molecular flexibility index (Phi) is 3.50. The van der Waals surface area contributed by atoms with E-state index in [2.05, 4.69) is 34.9 Å². The zero-order valence-corrected chi connectivity index (χ0v) is 11.9. The van der Waals surface area contributed by atoms with Crippen LogP contribution in [-0.4, -0.2) is 15.0 Å². The summed E-state index contributed by atoms with van der Waals surface area (Å²) >= 11 is 0. The average molecular weight is 265 g/mol. The molecular formula is C17H19N3. The summed E-state index contributed by atoms with van der Waals surface area (Å²) in [4.78, 5) is 12.5. The van der Waals surface area contributed by atoms with Crippen molar-refractivity contribution in [3.05, 3.63) is 48.3 Å². The summed E-state index contributed by atoms with van der Waals surface area (Å²) in [6, 6.07) is 12.2. The van der Waals surface area contributed by atoms with Crippen LogP contribution in [0, 0.1) is 5.92 Å². The largest absolute Gasteiger partial charge is 0.338 e. The Labute approximate surface area is 119 Å². The van der Waals surface area contributed by atoms with E-state index in [0.717, 1.165) is 41.0 Å². The van der Waals surface area contributed by atoms with Crippen LogP contribution in [-0.2, 0) is 6.42 Å². The number of fused-ring (bicyclic) bond motifs is 1. The number of hydrogen-bond donors (Lipinski definition) is 1. The molecule has 2 heterocycles. The molecule has 3 aromatic rings. The van der Waals surface area contributed by atoms with Crippen LogP contribution in [0.2, 0.25) is 0 Å². The predicted molar refractivity (Wildman–Crippen MR) is 82.5 cm³/mol. The first kappa shape index (κ1) is 12.9. The van der Waals surface area contributed by atoms with Crippen LogP contribution < -0.4 is 0 Å². The van der Waals surface area contributed by atoms with Gasteiger partial charge in [-0.15, -0.1) is 0 Å². The summed E-state index contributed by atoms with van der Waals surface area (Å²) in [6.45, 7) is 4.48. The van der Waals surface area contributed by atoms with Crippen molar-refractivity contribution in [2.45, 2.75) is 26.7 Å². The highest BCUT2D eigenvalue weighted by molar-refractivity contribution is 5.79. The maximum atomic E-state index is 4.64. The zero-order chi connectivity index (χ0) is 13.9. The fourth-order valence-corrected chi connectivity index (χ4v) is 2.29. The number of para-hydroxylation sites is 2. The number of aromatic amines is 1. The molecule has 0 bridgehead atoms. The van der Waals surface area contributed by atoms with E-state index in [9.17, 15) is 0 Å². The lowest BCUT2D eigenvalue weighted by atomic mass is 10.1. The van der Waals surface area contributed by atoms with Gasteiger partial charge in [0.15, 0.2) is 0 Å². The highest BCUT2D eigenvalue weighted by atomic mass is 14.9. The number of imidazole rings is 1. The fourth-order valence-electron chi connectivity index (χ4n) is 2.29. The van der Waals surface area contributed by atoms with Gasteiger partial charge in [-0.1, -0.05) is 26.0 Å². The molecule has 102 valence electrons.